The molecule has 4 aromatic rings. The van der Waals surface area contributed by atoms with E-state index in [9.17, 15) is 23.9 Å². The Kier molecular flexibility index (Phi) is 7.28. The summed E-state index contributed by atoms with van der Waals surface area (Å²) in [7, 11) is 0. The highest BCUT2D eigenvalue weighted by atomic mass is 32.1. The van der Waals surface area contributed by atoms with E-state index in [1.807, 2.05) is 23.1 Å². The van der Waals surface area contributed by atoms with E-state index in [0.717, 1.165) is 43.2 Å². The number of amides is 2. The maximum atomic E-state index is 14.0. The molecule has 1 aliphatic carbocycles. The Balaban J connectivity index is 1.29. The summed E-state index contributed by atoms with van der Waals surface area (Å²) in [6.07, 6.45) is 4.96. The Labute approximate surface area is 258 Å². The number of aryl methyl sites for hydroxylation is 3. The molecule has 2 aromatic carbocycles. The predicted octanol–water partition coefficient (Wildman–Crippen LogP) is 6.92. The zero-order valence-electron chi connectivity index (χ0n) is 24.3. The lowest BCUT2D eigenvalue weighted by Crippen LogP contribution is -2.31. The highest BCUT2D eigenvalue weighted by molar-refractivity contribution is 7.17. The molecule has 0 spiro atoms. The molecule has 4 heterocycles. The standard InChI is InChI=1S/C35H32FN3O4S/c1-2-22-13-16-26-32-31(34(41)39(22)26)30(29(35(42)43)25(37-32)14-9-19-7-11-21(36)12-8-19)27-17-18-28(44-27)33(40)38-24-15-10-20-5-3-4-6-23(20)24/h3-8,11-12,17-18,22,24,26H,2,9-10,13-16H2,1H3,(H,38,40)(H,42,43)/t22?,24-,26+/m1/s1. The van der Waals surface area contributed by atoms with E-state index in [1.165, 1.54) is 29.0 Å². The summed E-state index contributed by atoms with van der Waals surface area (Å²) in [4.78, 5) is 48.2. The number of aromatic carboxylic acids is 1. The van der Waals surface area contributed by atoms with Gasteiger partial charge in [-0.05, 0) is 85.9 Å². The van der Waals surface area contributed by atoms with Gasteiger partial charge in [0.1, 0.15) is 5.82 Å². The minimum absolute atomic E-state index is 0.00744. The van der Waals surface area contributed by atoms with Crippen LogP contribution in [0, 0.1) is 5.82 Å². The van der Waals surface area contributed by atoms with Gasteiger partial charge in [-0.3, -0.25) is 14.6 Å². The predicted molar refractivity (Wildman–Crippen MR) is 166 cm³/mol. The van der Waals surface area contributed by atoms with Crippen molar-refractivity contribution in [2.45, 2.75) is 70.0 Å². The van der Waals surface area contributed by atoms with Crippen molar-refractivity contribution in [1.29, 1.82) is 0 Å². The quantitative estimate of drug-likeness (QED) is 0.226. The molecule has 0 saturated carbocycles. The van der Waals surface area contributed by atoms with E-state index < -0.39 is 5.97 Å². The molecule has 2 amide bonds. The maximum Gasteiger partial charge on any atom is 0.338 e. The molecule has 3 aliphatic rings. The van der Waals surface area contributed by atoms with E-state index in [4.69, 9.17) is 4.98 Å². The molecular weight excluding hydrogens is 577 g/mol. The average molecular weight is 610 g/mol. The van der Waals surface area contributed by atoms with Crippen LogP contribution in [0.5, 0.6) is 0 Å². The lowest BCUT2D eigenvalue weighted by molar-refractivity contribution is 0.0694. The molecule has 1 unspecified atom stereocenters. The summed E-state index contributed by atoms with van der Waals surface area (Å²) >= 11 is 1.20. The largest absolute Gasteiger partial charge is 0.478 e. The summed E-state index contributed by atoms with van der Waals surface area (Å²) in [5.41, 5.74) is 4.93. The highest BCUT2D eigenvalue weighted by Gasteiger charge is 2.48. The molecule has 2 N–H and O–H groups in total. The molecule has 224 valence electrons. The molecule has 1 saturated heterocycles. The van der Waals surface area contributed by atoms with Gasteiger partial charge in [-0.25, -0.2) is 9.18 Å². The van der Waals surface area contributed by atoms with Crippen LogP contribution < -0.4 is 5.32 Å². The van der Waals surface area contributed by atoms with Crippen LogP contribution in [-0.2, 0) is 19.3 Å². The maximum absolute atomic E-state index is 14.0. The molecule has 1 fully saturated rings. The van der Waals surface area contributed by atoms with Gasteiger partial charge >= 0.3 is 5.97 Å². The van der Waals surface area contributed by atoms with Crippen molar-refractivity contribution in [2.24, 2.45) is 0 Å². The molecule has 3 atom stereocenters. The number of rotatable bonds is 8. The van der Waals surface area contributed by atoms with E-state index in [-0.39, 0.29) is 41.3 Å². The molecule has 9 heteroatoms. The first kappa shape index (κ1) is 28.4. The third-order valence-electron chi connectivity index (χ3n) is 9.33. The molecule has 2 aromatic heterocycles. The fourth-order valence-electron chi connectivity index (χ4n) is 7.20. The third-order valence-corrected chi connectivity index (χ3v) is 10.4. The monoisotopic (exact) mass is 609 g/mol. The van der Waals surface area contributed by atoms with Crippen molar-refractivity contribution in [2.75, 3.05) is 0 Å². The zero-order chi connectivity index (χ0) is 30.5. The normalized spacial score (nSPS) is 20.0. The lowest BCUT2D eigenvalue weighted by Gasteiger charge is -2.22. The first-order valence-electron chi connectivity index (χ1n) is 15.2. The topological polar surface area (TPSA) is 99.6 Å². The van der Waals surface area contributed by atoms with Gasteiger partial charge in [0.25, 0.3) is 11.8 Å². The lowest BCUT2D eigenvalue weighted by atomic mass is 9.93. The van der Waals surface area contributed by atoms with Crippen LogP contribution in [0.15, 0.2) is 60.7 Å². The van der Waals surface area contributed by atoms with Crippen LogP contribution in [0.3, 0.4) is 0 Å². The molecule has 0 radical (unpaired) electrons. The van der Waals surface area contributed by atoms with Gasteiger partial charge in [0.15, 0.2) is 0 Å². The number of carbonyl (C=O) groups is 3. The van der Waals surface area contributed by atoms with E-state index in [0.29, 0.717) is 45.1 Å². The fourth-order valence-corrected chi connectivity index (χ4v) is 8.17. The number of nitrogens with one attached hydrogen (secondary N) is 1. The second-order valence-corrected chi connectivity index (χ2v) is 12.9. The molecule has 44 heavy (non-hydrogen) atoms. The smallest absolute Gasteiger partial charge is 0.338 e. The van der Waals surface area contributed by atoms with Crippen LogP contribution in [0.4, 0.5) is 4.39 Å². The second-order valence-electron chi connectivity index (χ2n) is 11.8. The van der Waals surface area contributed by atoms with E-state index in [1.54, 1.807) is 24.3 Å². The van der Waals surface area contributed by atoms with Gasteiger partial charge in [0, 0.05) is 16.5 Å². The Morgan fingerprint density at radius 2 is 1.82 bits per heavy atom. The molecule has 7 nitrogen and oxygen atoms in total. The number of carboxylic acids is 1. The Hall–Kier alpha value is -4.37. The summed E-state index contributed by atoms with van der Waals surface area (Å²) in [5.74, 6) is -1.91. The minimum atomic E-state index is -1.17. The number of hydrogen-bond donors (Lipinski definition) is 2. The van der Waals surface area contributed by atoms with Crippen molar-refractivity contribution in [3.63, 3.8) is 0 Å². The number of hydrogen-bond acceptors (Lipinski definition) is 5. The van der Waals surface area contributed by atoms with Crippen LogP contribution >= 0.6 is 11.3 Å². The third kappa shape index (κ3) is 4.79. The van der Waals surface area contributed by atoms with Crippen LogP contribution in [0.1, 0.15) is 103 Å². The van der Waals surface area contributed by atoms with Crippen LogP contribution in [-0.4, -0.2) is 38.8 Å². The summed E-state index contributed by atoms with van der Waals surface area (Å²) in [6.45, 7) is 2.06. The SMILES string of the molecule is CCC1CC[C@H]2c3nc(CCc4ccc(F)cc4)c(C(=O)O)c(-c4ccc(C(=O)N[C@@H]5CCc6ccccc65)s4)c3C(=O)N12. The number of aromatic nitrogens is 1. The van der Waals surface area contributed by atoms with Gasteiger partial charge in [-0.2, -0.15) is 0 Å². The number of benzene rings is 2. The van der Waals surface area contributed by atoms with Crippen LogP contribution in [0.25, 0.3) is 10.4 Å². The second kappa shape index (κ2) is 11.3. The van der Waals surface area contributed by atoms with Crippen molar-refractivity contribution < 1.29 is 23.9 Å². The highest BCUT2D eigenvalue weighted by Crippen LogP contribution is 2.49. The fraction of sp³-hybridized carbons (Fsp3) is 0.314. The number of pyridine rings is 1. The Morgan fingerprint density at radius 3 is 2.59 bits per heavy atom. The Bertz CT molecular complexity index is 1800. The zero-order valence-corrected chi connectivity index (χ0v) is 25.1. The van der Waals surface area contributed by atoms with Crippen molar-refractivity contribution in [3.05, 3.63) is 111 Å². The number of fused-ring (bicyclic) bond motifs is 4. The first-order valence-corrected chi connectivity index (χ1v) is 16.0. The van der Waals surface area contributed by atoms with Gasteiger partial charge in [-0.15, -0.1) is 11.3 Å². The van der Waals surface area contributed by atoms with Gasteiger partial charge in [0.05, 0.1) is 39.5 Å². The van der Waals surface area contributed by atoms with Crippen molar-refractivity contribution in [3.8, 4) is 10.4 Å². The molecule has 7 rings (SSSR count). The van der Waals surface area contributed by atoms with Crippen LogP contribution in [0.2, 0.25) is 0 Å². The molecular formula is C35H32FN3O4S. The first-order chi connectivity index (χ1) is 21.3. The molecule has 0 bridgehead atoms. The summed E-state index contributed by atoms with van der Waals surface area (Å²) in [6, 6.07) is 17.5. The number of halogens is 1. The van der Waals surface area contributed by atoms with E-state index >= 15 is 0 Å². The average Bonchev–Trinajstić information content (AvgIpc) is 3.82. The van der Waals surface area contributed by atoms with E-state index in [2.05, 4.69) is 18.3 Å². The number of nitrogens with zero attached hydrogens (tertiary/aromatic N) is 2. The number of thiophene rings is 1. The summed E-state index contributed by atoms with van der Waals surface area (Å²) < 4.78 is 13.5. The molecule has 2 aliphatic heterocycles. The van der Waals surface area contributed by atoms with Gasteiger partial charge < -0.3 is 15.3 Å². The van der Waals surface area contributed by atoms with Crippen molar-refractivity contribution in [1.82, 2.24) is 15.2 Å². The minimum Gasteiger partial charge on any atom is -0.478 e. The Morgan fingerprint density at radius 1 is 1.02 bits per heavy atom. The van der Waals surface area contributed by atoms with Crippen molar-refractivity contribution >= 4 is 29.1 Å². The number of carboxylic acid groups (broad SMARTS) is 1. The number of carbonyl (C=O) groups excluding carboxylic acids is 2. The summed E-state index contributed by atoms with van der Waals surface area (Å²) in [5, 5.41) is 13.7. The van der Waals surface area contributed by atoms with Gasteiger partial charge in [-0.1, -0.05) is 43.3 Å². The van der Waals surface area contributed by atoms with Gasteiger partial charge in [0.2, 0.25) is 0 Å².